The average Bonchev–Trinajstić information content (AvgIpc) is 2.57. The highest BCUT2D eigenvalue weighted by Crippen LogP contribution is 2.28. The molecule has 0 aromatic heterocycles. The van der Waals surface area contributed by atoms with Gasteiger partial charge >= 0.3 is 0 Å². The first-order valence-electron chi connectivity index (χ1n) is 7.86. The number of nitrogens with one attached hydrogen (secondary N) is 3. The number of hydrogen-bond donors (Lipinski definition) is 3. The van der Waals surface area contributed by atoms with E-state index in [4.69, 9.17) is 12.2 Å². The Labute approximate surface area is 151 Å². The lowest BCUT2D eigenvalue weighted by atomic mass is 9.95. The maximum atomic E-state index is 13.2. The Kier molecular flexibility index (Phi) is 4.81. The van der Waals surface area contributed by atoms with Crippen molar-refractivity contribution in [2.45, 2.75) is 19.9 Å². The molecular weight excluding hydrogens is 337 g/mol. The van der Waals surface area contributed by atoms with E-state index in [2.05, 4.69) is 16.0 Å². The number of anilines is 1. The Morgan fingerprint density at radius 3 is 2.48 bits per heavy atom. The Bertz CT molecular complexity index is 861. The standard InChI is InChI=1S/C19H18FN3OS/c1-11-5-3-4-6-15(11)22-18(24)16-12(2)21-19(25)23-17(16)13-7-9-14(20)10-8-13/h3-10,17H,1-2H3,(H,22,24)(H2,21,23,25)/t17-/m0/s1. The summed E-state index contributed by atoms with van der Waals surface area (Å²) in [5.41, 5.74) is 3.67. The Morgan fingerprint density at radius 1 is 1.12 bits per heavy atom. The van der Waals surface area contributed by atoms with Gasteiger partial charge in [-0.1, -0.05) is 30.3 Å². The zero-order valence-electron chi connectivity index (χ0n) is 13.9. The van der Waals surface area contributed by atoms with Crippen LogP contribution in [-0.2, 0) is 4.79 Å². The topological polar surface area (TPSA) is 53.2 Å². The first-order valence-corrected chi connectivity index (χ1v) is 8.27. The van der Waals surface area contributed by atoms with E-state index in [0.29, 0.717) is 16.4 Å². The maximum absolute atomic E-state index is 13.2. The van der Waals surface area contributed by atoms with Crippen LogP contribution in [0.25, 0.3) is 0 Å². The van der Waals surface area contributed by atoms with Crippen molar-refractivity contribution in [3.8, 4) is 0 Å². The molecule has 1 amide bonds. The molecule has 0 radical (unpaired) electrons. The minimum absolute atomic E-state index is 0.233. The van der Waals surface area contributed by atoms with Crippen molar-refractivity contribution in [3.05, 3.63) is 76.7 Å². The molecule has 1 heterocycles. The number of thiocarbonyl (C=S) groups is 1. The number of rotatable bonds is 3. The van der Waals surface area contributed by atoms with E-state index in [1.807, 2.05) is 31.2 Å². The van der Waals surface area contributed by atoms with Gasteiger partial charge in [-0.25, -0.2) is 4.39 Å². The van der Waals surface area contributed by atoms with Gasteiger partial charge in [0.25, 0.3) is 5.91 Å². The third-order valence-electron chi connectivity index (χ3n) is 4.11. The van der Waals surface area contributed by atoms with Crippen molar-refractivity contribution in [1.29, 1.82) is 0 Å². The van der Waals surface area contributed by atoms with Gasteiger partial charge in [0.2, 0.25) is 0 Å². The Balaban J connectivity index is 1.96. The molecule has 25 heavy (non-hydrogen) atoms. The number of benzene rings is 2. The minimum Gasteiger partial charge on any atom is -0.351 e. The lowest BCUT2D eigenvalue weighted by Crippen LogP contribution is -2.45. The molecule has 1 aliphatic rings. The minimum atomic E-state index is -0.446. The van der Waals surface area contributed by atoms with Crippen molar-refractivity contribution in [2.75, 3.05) is 5.32 Å². The van der Waals surface area contributed by atoms with Gasteiger partial charge in [0.15, 0.2) is 5.11 Å². The van der Waals surface area contributed by atoms with Crippen LogP contribution in [-0.4, -0.2) is 11.0 Å². The normalized spacial score (nSPS) is 16.9. The molecule has 0 spiro atoms. The van der Waals surface area contributed by atoms with Gasteiger partial charge in [-0.05, 0) is 55.4 Å². The monoisotopic (exact) mass is 355 g/mol. The van der Waals surface area contributed by atoms with E-state index in [-0.39, 0.29) is 11.7 Å². The zero-order chi connectivity index (χ0) is 18.0. The number of hydrogen-bond acceptors (Lipinski definition) is 2. The Hall–Kier alpha value is -2.73. The molecule has 3 N–H and O–H groups in total. The second-order valence-electron chi connectivity index (χ2n) is 5.89. The fraction of sp³-hybridized carbons (Fsp3) is 0.158. The fourth-order valence-corrected chi connectivity index (χ4v) is 3.07. The lowest BCUT2D eigenvalue weighted by Gasteiger charge is -2.30. The lowest BCUT2D eigenvalue weighted by molar-refractivity contribution is -0.113. The molecule has 0 saturated heterocycles. The van der Waals surface area contributed by atoms with E-state index >= 15 is 0 Å². The van der Waals surface area contributed by atoms with Crippen LogP contribution in [0.2, 0.25) is 0 Å². The Morgan fingerprint density at radius 2 is 1.80 bits per heavy atom. The van der Waals surface area contributed by atoms with E-state index in [0.717, 1.165) is 16.8 Å². The molecule has 1 atom stereocenters. The molecule has 3 rings (SSSR count). The van der Waals surface area contributed by atoms with Gasteiger partial charge in [0.05, 0.1) is 11.6 Å². The number of para-hydroxylation sites is 1. The van der Waals surface area contributed by atoms with Crippen LogP contribution >= 0.6 is 12.2 Å². The van der Waals surface area contributed by atoms with Gasteiger partial charge in [-0.3, -0.25) is 4.79 Å². The quantitative estimate of drug-likeness (QED) is 0.737. The smallest absolute Gasteiger partial charge is 0.255 e. The number of carbonyl (C=O) groups excluding carboxylic acids is 1. The largest absolute Gasteiger partial charge is 0.351 e. The van der Waals surface area contributed by atoms with Crippen molar-refractivity contribution in [3.63, 3.8) is 0 Å². The van der Waals surface area contributed by atoms with Crippen LogP contribution in [0.4, 0.5) is 10.1 Å². The highest BCUT2D eigenvalue weighted by atomic mass is 32.1. The second kappa shape index (κ2) is 7.03. The molecular formula is C19H18FN3OS. The second-order valence-corrected chi connectivity index (χ2v) is 6.30. The van der Waals surface area contributed by atoms with Gasteiger partial charge in [-0.2, -0.15) is 0 Å². The predicted octanol–water partition coefficient (Wildman–Crippen LogP) is 3.57. The molecule has 128 valence electrons. The molecule has 2 aromatic carbocycles. The van der Waals surface area contributed by atoms with Gasteiger partial charge in [0.1, 0.15) is 5.82 Å². The molecule has 2 aromatic rings. The third kappa shape index (κ3) is 3.69. The van der Waals surface area contributed by atoms with Crippen molar-refractivity contribution >= 4 is 28.9 Å². The number of halogens is 1. The van der Waals surface area contributed by atoms with E-state index < -0.39 is 6.04 Å². The van der Waals surface area contributed by atoms with Gasteiger partial charge in [-0.15, -0.1) is 0 Å². The fourth-order valence-electron chi connectivity index (χ4n) is 2.80. The van der Waals surface area contributed by atoms with Crippen LogP contribution < -0.4 is 16.0 Å². The summed E-state index contributed by atoms with van der Waals surface area (Å²) >= 11 is 5.21. The van der Waals surface area contributed by atoms with Gasteiger partial charge < -0.3 is 16.0 Å². The van der Waals surface area contributed by atoms with Crippen molar-refractivity contribution < 1.29 is 9.18 Å². The first-order chi connectivity index (χ1) is 12.0. The molecule has 0 saturated carbocycles. The average molecular weight is 355 g/mol. The molecule has 0 unspecified atom stereocenters. The SMILES string of the molecule is CC1=C(C(=O)Nc2ccccc2C)[C@H](c2ccc(F)cc2)NC(=S)N1. The van der Waals surface area contributed by atoms with Crippen molar-refractivity contribution in [1.82, 2.24) is 10.6 Å². The molecule has 1 aliphatic heterocycles. The third-order valence-corrected chi connectivity index (χ3v) is 4.33. The summed E-state index contributed by atoms with van der Waals surface area (Å²) in [5.74, 6) is -0.560. The summed E-state index contributed by atoms with van der Waals surface area (Å²) in [4.78, 5) is 12.9. The van der Waals surface area contributed by atoms with Crippen LogP contribution in [0.1, 0.15) is 24.1 Å². The summed E-state index contributed by atoms with van der Waals surface area (Å²) < 4.78 is 13.2. The predicted molar refractivity (Wildman–Crippen MR) is 101 cm³/mol. The number of amides is 1. The van der Waals surface area contributed by atoms with Crippen LogP contribution in [0.3, 0.4) is 0 Å². The van der Waals surface area contributed by atoms with E-state index in [1.165, 1.54) is 12.1 Å². The molecule has 0 aliphatic carbocycles. The van der Waals surface area contributed by atoms with E-state index in [9.17, 15) is 9.18 Å². The summed E-state index contributed by atoms with van der Waals surface area (Å²) in [7, 11) is 0. The summed E-state index contributed by atoms with van der Waals surface area (Å²) in [5, 5.41) is 9.45. The van der Waals surface area contributed by atoms with Crippen LogP contribution in [0.15, 0.2) is 59.8 Å². The summed E-state index contributed by atoms with van der Waals surface area (Å²) in [6.45, 7) is 3.73. The van der Waals surface area contributed by atoms with Crippen LogP contribution in [0.5, 0.6) is 0 Å². The van der Waals surface area contributed by atoms with Crippen molar-refractivity contribution in [2.24, 2.45) is 0 Å². The molecule has 6 heteroatoms. The summed E-state index contributed by atoms with van der Waals surface area (Å²) in [6, 6.07) is 13.2. The zero-order valence-corrected chi connectivity index (χ0v) is 14.7. The molecule has 4 nitrogen and oxygen atoms in total. The molecule has 0 bridgehead atoms. The van der Waals surface area contributed by atoms with Gasteiger partial charge in [0, 0.05) is 11.4 Å². The number of carbonyl (C=O) groups is 1. The first kappa shape index (κ1) is 17.1. The highest BCUT2D eigenvalue weighted by Gasteiger charge is 2.30. The molecule has 0 fully saturated rings. The van der Waals surface area contributed by atoms with E-state index in [1.54, 1.807) is 19.1 Å². The number of allylic oxidation sites excluding steroid dienone is 1. The summed E-state index contributed by atoms with van der Waals surface area (Å²) in [6.07, 6.45) is 0. The van der Waals surface area contributed by atoms with Crippen LogP contribution in [0, 0.1) is 12.7 Å². The highest BCUT2D eigenvalue weighted by molar-refractivity contribution is 7.80. The number of aryl methyl sites for hydroxylation is 1. The maximum Gasteiger partial charge on any atom is 0.255 e.